The van der Waals surface area contributed by atoms with Crippen molar-refractivity contribution in [1.82, 2.24) is 0 Å². The van der Waals surface area contributed by atoms with E-state index in [1.54, 1.807) is 0 Å². The van der Waals surface area contributed by atoms with Crippen molar-refractivity contribution in [2.24, 2.45) is 0 Å². The fourth-order valence-electron chi connectivity index (χ4n) is 1.95. The lowest BCUT2D eigenvalue weighted by molar-refractivity contribution is -0.384. The molecule has 116 valence electrons. The molecule has 0 fully saturated rings. The number of benzene rings is 1. The molecule has 0 radical (unpaired) electrons. The lowest BCUT2D eigenvalue weighted by Gasteiger charge is -2.16. The quantitative estimate of drug-likeness (QED) is 0.278. The van der Waals surface area contributed by atoms with Gasteiger partial charge in [-0.2, -0.15) is 4.79 Å². The lowest BCUT2D eigenvalue weighted by Crippen LogP contribution is -2.20. The highest BCUT2D eigenvalue weighted by atomic mass is 17.2. The molecule has 1 aromatic rings. The van der Waals surface area contributed by atoms with Gasteiger partial charge in [0.1, 0.15) is 6.10 Å². The fourth-order valence-corrected chi connectivity index (χ4v) is 1.95. The van der Waals surface area contributed by atoms with Crippen LogP contribution in [0.4, 0.5) is 10.5 Å². The van der Waals surface area contributed by atoms with Crippen LogP contribution >= 0.6 is 0 Å². The van der Waals surface area contributed by atoms with Crippen LogP contribution in [0.2, 0.25) is 0 Å². The maximum atomic E-state index is 11.5. The zero-order valence-corrected chi connectivity index (χ0v) is 11.8. The third kappa shape index (κ3) is 4.98. The number of nitro benzene ring substituents is 1. The highest BCUT2D eigenvalue weighted by Gasteiger charge is 2.17. The predicted octanol–water partition coefficient (Wildman–Crippen LogP) is 3.38. The second-order valence-electron chi connectivity index (χ2n) is 4.69. The topological polar surface area (TPSA) is 87.9 Å². The van der Waals surface area contributed by atoms with E-state index in [1.165, 1.54) is 24.3 Å². The molecule has 0 heterocycles. The van der Waals surface area contributed by atoms with Crippen molar-refractivity contribution in [1.29, 1.82) is 0 Å². The normalized spacial score (nSPS) is 17.2. The first kappa shape index (κ1) is 15.6. The average Bonchev–Trinajstić information content (AvgIpc) is 2.48. The summed E-state index contributed by atoms with van der Waals surface area (Å²) in [5, 5.41) is 10.5. The first-order chi connectivity index (χ1) is 10.6. The Morgan fingerprint density at radius 2 is 1.91 bits per heavy atom. The van der Waals surface area contributed by atoms with E-state index >= 15 is 0 Å². The summed E-state index contributed by atoms with van der Waals surface area (Å²) in [6.07, 6.45) is 2.59. The van der Waals surface area contributed by atoms with Crippen molar-refractivity contribution in [2.45, 2.75) is 38.2 Å². The van der Waals surface area contributed by atoms with Gasteiger partial charge in [-0.25, -0.2) is 4.89 Å². The zero-order chi connectivity index (χ0) is 15.8. The van der Waals surface area contributed by atoms with Gasteiger partial charge < -0.3 is 4.74 Å². The Balaban J connectivity index is 1.77. The smallest absolute Gasteiger partial charge is 0.428 e. The summed E-state index contributed by atoms with van der Waals surface area (Å²) in [4.78, 5) is 30.8. The Morgan fingerprint density at radius 3 is 2.64 bits per heavy atom. The molecule has 0 amide bonds. The Bertz CT molecular complexity index is 586. The van der Waals surface area contributed by atoms with Gasteiger partial charge in [0, 0.05) is 25.0 Å². The van der Waals surface area contributed by atoms with Gasteiger partial charge in [0.05, 0.1) is 4.92 Å². The van der Waals surface area contributed by atoms with Crippen molar-refractivity contribution >= 4 is 11.8 Å². The number of nitrogens with zero attached hydrogens (tertiary/aromatic N) is 1. The number of hydrogen-bond donors (Lipinski definition) is 0. The molecule has 7 heteroatoms. The van der Waals surface area contributed by atoms with Crippen LogP contribution in [0.3, 0.4) is 0 Å². The Kier molecular flexibility index (Phi) is 5.60. The van der Waals surface area contributed by atoms with Crippen LogP contribution in [-0.4, -0.2) is 17.2 Å². The van der Waals surface area contributed by atoms with Crippen LogP contribution in [0.5, 0.6) is 5.75 Å². The second kappa shape index (κ2) is 7.88. The minimum Gasteiger partial charge on any atom is -0.428 e. The molecule has 7 nitrogen and oxygen atoms in total. The first-order valence-corrected chi connectivity index (χ1v) is 6.90. The number of non-ortho nitro benzene ring substituents is 1. The number of ether oxygens (including phenoxy) is 1. The van der Waals surface area contributed by atoms with Crippen LogP contribution < -0.4 is 4.89 Å². The van der Waals surface area contributed by atoms with Crippen LogP contribution in [-0.2, 0) is 9.62 Å². The van der Waals surface area contributed by atoms with Gasteiger partial charge in [-0.05, 0) is 31.4 Å². The minimum absolute atomic E-state index is 0.0782. The number of hydrogen-bond acceptors (Lipinski definition) is 6. The van der Waals surface area contributed by atoms with E-state index < -0.39 is 11.1 Å². The molecule has 1 aliphatic rings. The van der Waals surface area contributed by atoms with Crippen molar-refractivity contribution in [3.8, 4) is 17.6 Å². The monoisotopic (exact) mass is 305 g/mol. The molecular formula is C15H15NO6. The molecule has 1 aromatic carbocycles. The van der Waals surface area contributed by atoms with Gasteiger partial charge in [0.15, 0.2) is 5.75 Å². The SMILES string of the molecule is O=C(OOc1ccc([N+](=O)[O-])cc1)OC1CCC#CCCC1. The number of carbonyl (C=O) groups is 1. The van der Waals surface area contributed by atoms with E-state index in [0.29, 0.717) is 12.8 Å². The van der Waals surface area contributed by atoms with E-state index in [2.05, 4.69) is 16.7 Å². The Hall–Kier alpha value is -2.75. The van der Waals surface area contributed by atoms with Gasteiger partial charge >= 0.3 is 6.16 Å². The molecule has 0 spiro atoms. The highest BCUT2D eigenvalue weighted by molar-refractivity contribution is 5.59. The van der Waals surface area contributed by atoms with Crippen molar-refractivity contribution < 1.29 is 24.2 Å². The predicted molar refractivity (Wildman–Crippen MR) is 75.9 cm³/mol. The van der Waals surface area contributed by atoms with Gasteiger partial charge in [0.2, 0.25) is 0 Å². The summed E-state index contributed by atoms with van der Waals surface area (Å²) in [5.41, 5.74) is -0.0782. The van der Waals surface area contributed by atoms with Crippen LogP contribution in [0.15, 0.2) is 24.3 Å². The molecule has 2 rings (SSSR count). The third-order valence-corrected chi connectivity index (χ3v) is 3.06. The molecule has 0 N–H and O–H groups in total. The molecule has 0 saturated heterocycles. The number of rotatable bonds is 4. The summed E-state index contributed by atoms with van der Waals surface area (Å²) < 4.78 is 5.15. The van der Waals surface area contributed by atoms with Crippen LogP contribution in [0.1, 0.15) is 32.1 Å². The molecule has 1 atom stereocenters. The minimum atomic E-state index is -0.933. The van der Waals surface area contributed by atoms with Crippen LogP contribution in [0, 0.1) is 22.0 Å². The molecule has 1 aliphatic carbocycles. The van der Waals surface area contributed by atoms with Crippen molar-refractivity contribution in [2.75, 3.05) is 0 Å². The summed E-state index contributed by atoms with van der Waals surface area (Å²) in [6.45, 7) is 0. The van der Waals surface area contributed by atoms with Crippen LogP contribution in [0.25, 0.3) is 0 Å². The van der Waals surface area contributed by atoms with E-state index in [4.69, 9.17) is 9.62 Å². The average molecular weight is 305 g/mol. The maximum absolute atomic E-state index is 11.5. The maximum Gasteiger partial charge on any atom is 0.550 e. The summed E-state index contributed by atoms with van der Waals surface area (Å²) >= 11 is 0. The largest absolute Gasteiger partial charge is 0.550 e. The molecule has 0 saturated carbocycles. The first-order valence-electron chi connectivity index (χ1n) is 6.90. The summed E-state index contributed by atoms with van der Waals surface area (Å²) in [5.74, 6) is 6.19. The zero-order valence-electron chi connectivity index (χ0n) is 11.8. The van der Waals surface area contributed by atoms with Gasteiger partial charge in [-0.1, -0.05) is 0 Å². The number of nitro groups is 1. The molecule has 0 bridgehead atoms. The molecule has 1 unspecified atom stereocenters. The van der Waals surface area contributed by atoms with Gasteiger partial charge in [0.25, 0.3) is 5.69 Å². The molecular weight excluding hydrogens is 290 g/mol. The van der Waals surface area contributed by atoms with E-state index in [0.717, 1.165) is 19.3 Å². The lowest BCUT2D eigenvalue weighted by atomic mass is 10.0. The third-order valence-electron chi connectivity index (χ3n) is 3.06. The number of carbonyl (C=O) groups excluding carboxylic acids is 1. The van der Waals surface area contributed by atoms with E-state index in [1.807, 2.05) is 0 Å². The molecule has 22 heavy (non-hydrogen) atoms. The summed E-state index contributed by atoms with van der Waals surface area (Å²) in [7, 11) is 0. The standard InChI is InChI=1S/C15H15NO6/c17-15(20-13-6-4-2-1-3-5-7-13)22-21-14-10-8-12(9-11-14)16(18)19/h8-11,13H,2,4-7H2. The van der Waals surface area contributed by atoms with Crippen molar-refractivity contribution in [3.63, 3.8) is 0 Å². The van der Waals surface area contributed by atoms with Gasteiger partial charge in [-0.15, -0.1) is 11.8 Å². The van der Waals surface area contributed by atoms with E-state index in [9.17, 15) is 14.9 Å². The Morgan fingerprint density at radius 1 is 1.18 bits per heavy atom. The Labute approximate surface area is 127 Å². The fraction of sp³-hybridized carbons (Fsp3) is 0.400. The summed E-state index contributed by atoms with van der Waals surface area (Å²) in [6, 6.07) is 5.16. The van der Waals surface area contributed by atoms with Gasteiger partial charge in [-0.3, -0.25) is 15.0 Å². The molecule has 0 aromatic heterocycles. The highest BCUT2D eigenvalue weighted by Crippen LogP contribution is 2.18. The van der Waals surface area contributed by atoms with Crippen molar-refractivity contribution in [3.05, 3.63) is 34.4 Å². The molecule has 0 aliphatic heterocycles. The van der Waals surface area contributed by atoms with E-state index in [-0.39, 0.29) is 17.5 Å². The second-order valence-corrected chi connectivity index (χ2v) is 4.69.